The van der Waals surface area contributed by atoms with Gasteiger partial charge in [-0.05, 0) is 31.9 Å². The van der Waals surface area contributed by atoms with Crippen molar-refractivity contribution in [3.8, 4) is 0 Å². The molecule has 5 heteroatoms. The molecule has 0 fully saturated rings. The van der Waals surface area contributed by atoms with Gasteiger partial charge in [0.15, 0.2) is 0 Å². The minimum absolute atomic E-state index is 0.0167. The van der Waals surface area contributed by atoms with Crippen LogP contribution in [0.1, 0.15) is 32.3 Å². The first-order valence-corrected chi connectivity index (χ1v) is 6.38. The third-order valence-corrected chi connectivity index (χ3v) is 3.01. The topological polar surface area (TPSA) is 55.1 Å². The number of hydrogen-bond donors (Lipinski definition) is 2. The summed E-state index contributed by atoms with van der Waals surface area (Å²) in [7, 11) is 0. The van der Waals surface area contributed by atoms with Crippen molar-refractivity contribution in [1.29, 1.82) is 0 Å². The molecule has 0 aliphatic heterocycles. The van der Waals surface area contributed by atoms with Gasteiger partial charge in [-0.1, -0.05) is 19.4 Å². The van der Waals surface area contributed by atoms with Crippen LogP contribution >= 0.6 is 0 Å². The van der Waals surface area contributed by atoms with Crippen LogP contribution in [0.25, 0.3) is 0 Å². The fourth-order valence-electron chi connectivity index (χ4n) is 1.91. The zero-order chi connectivity index (χ0) is 14.5. The molecule has 1 amide bonds. The van der Waals surface area contributed by atoms with Gasteiger partial charge in [-0.3, -0.25) is 4.79 Å². The third kappa shape index (κ3) is 4.28. The predicted molar refractivity (Wildman–Crippen MR) is 70.6 cm³/mol. The average Bonchev–Trinajstić information content (AvgIpc) is 2.32. The Balaban J connectivity index is 2.53. The van der Waals surface area contributed by atoms with Gasteiger partial charge in [0.2, 0.25) is 5.91 Å². The lowest BCUT2D eigenvalue weighted by Gasteiger charge is -2.22. The summed E-state index contributed by atoms with van der Waals surface area (Å²) in [6.45, 7) is 3.75. The summed E-state index contributed by atoms with van der Waals surface area (Å²) in [4.78, 5) is 11.8. The number of nitrogens with two attached hydrogens (primary N) is 1. The molecular formula is C14H20F2N2O. The molecule has 1 atom stereocenters. The molecule has 19 heavy (non-hydrogen) atoms. The van der Waals surface area contributed by atoms with Crippen LogP contribution < -0.4 is 11.1 Å². The molecule has 0 aromatic heterocycles. The zero-order valence-corrected chi connectivity index (χ0v) is 11.3. The first kappa shape index (κ1) is 15.6. The third-order valence-electron chi connectivity index (χ3n) is 3.01. The summed E-state index contributed by atoms with van der Waals surface area (Å²) in [5.74, 6) is -1.50. The van der Waals surface area contributed by atoms with Gasteiger partial charge in [-0.25, -0.2) is 8.78 Å². The average molecular weight is 270 g/mol. The van der Waals surface area contributed by atoms with E-state index in [2.05, 4.69) is 5.32 Å². The van der Waals surface area contributed by atoms with Crippen LogP contribution in [0, 0.1) is 11.6 Å². The fourth-order valence-corrected chi connectivity index (χ4v) is 1.91. The standard InChI is InChI=1S/C14H20F2N2O/c1-3-8-14(2,17)13(19)18-9-7-10-11(15)5-4-6-12(10)16/h4-6H,3,7-9,17H2,1-2H3,(H,18,19). The predicted octanol–water partition coefficient (Wildman–Crippen LogP) is 2.14. The molecule has 0 spiro atoms. The van der Waals surface area contributed by atoms with Crippen LogP contribution in [-0.4, -0.2) is 18.0 Å². The minimum Gasteiger partial charge on any atom is -0.354 e. The lowest BCUT2D eigenvalue weighted by molar-refractivity contribution is -0.126. The Hall–Kier alpha value is -1.49. The molecule has 106 valence electrons. The molecule has 0 saturated carbocycles. The molecule has 0 aliphatic carbocycles. The second kappa shape index (κ2) is 6.61. The molecular weight excluding hydrogens is 250 g/mol. The monoisotopic (exact) mass is 270 g/mol. The highest BCUT2D eigenvalue weighted by Gasteiger charge is 2.26. The van der Waals surface area contributed by atoms with E-state index in [4.69, 9.17) is 5.73 Å². The van der Waals surface area contributed by atoms with Crippen molar-refractivity contribution >= 4 is 5.91 Å². The minimum atomic E-state index is -0.942. The van der Waals surface area contributed by atoms with Gasteiger partial charge in [0.1, 0.15) is 11.6 Å². The van der Waals surface area contributed by atoms with Gasteiger partial charge < -0.3 is 11.1 Å². The van der Waals surface area contributed by atoms with Crippen LogP contribution in [0.5, 0.6) is 0 Å². The molecule has 0 aliphatic rings. The van der Waals surface area contributed by atoms with Gasteiger partial charge >= 0.3 is 0 Å². The molecule has 1 aromatic carbocycles. The molecule has 1 aromatic rings. The van der Waals surface area contributed by atoms with Crippen molar-refractivity contribution in [2.45, 2.75) is 38.6 Å². The van der Waals surface area contributed by atoms with Crippen molar-refractivity contribution in [1.82, 2.24) is 5.32 Å². The van der Waals surface area contributed by atoms with Crippen molar-refractivity contribution in [3.63, 3.8) is 0 Å². The highest BCUT2D eigenvalue weighted by molar-refractivity contribution is 5.85. The quantitative estimate of drug-likeness (QED) is 0.832. The first-order chi connectivity index (χ1) is 8.88. The Morgan fingerprint density at radius 1 is 1.37 bits per heavy atom. The van der Waals surface area contributed by atoms with E-state index in [0.29, 0.717) is 6.42 Å². The largest absolute Gasteiger partial charge is 0.354 e. The van der Waals surface area contributed by atoms with Crippen LogP contribution in [0.3, 0.4) is 0 Å². The molecule has 0 bridgehead atoms. The van der Waals surface area contributed by atoms with E-state index in [-0.39, 0.29) is 24.4 Å². The summed E-state index contributed by atoms with van der Waals surface area (Å²) >= 11 is 0. The van der Waals surface area contributed by atoms with Gasteiger partial charge in [-0.15, -0.1) is 0 Å². The summed E-state index contributed by atoms with van der Waals surface area (Å²) in [6, 6.07) is 3.71. The molecule has 0 radical (unpaired) electrons. The second-order valence-corrected chi connectivity index (χ2v) is 4.87. The Bertz CT molecular complexity index is 427. The lowest BCUT2D eigenvalue weighted by atomic mass is 9.96. The number of benzene rings is 1. The van der Waals surface area contributed by atoms with Gasteiger partial charge in [0, 0.05) is 12.1 Å². The van der Waals surface area contributed by atoms with Crippen LogP contribution in [0.15, 0.2) is 18.2 Å². The lowest BCUT2D eigenvalue weighted by Crippen LogP contribution is -2.51. The van der Waals surface area contributed by atoms with E-state index >= 15 is 0 Å². The summed E-state index contributed by atoms with van der Waals surface area (Å²) in [5, 5.41) is 2.61. The zero-order valence-electron chi connectivity index (χ0n) is 11.3. The second-order valence-electron chi connectivity index (χ2n) is 4.87. The highest BCUT2D eigenvalue weighted by atomic mass is 19.1. The molecule has 1 unspecified atom stereocenters. The molecule has 3 N–H and O–H groups in total. The van der Waals surface area contributed by atoms with Crippen LogP contribution in [-0.2, 0) is 11.2 Å². The van der Waals surface area contributed by atoms with E-state index in [1.807, 2.05) is 6.92 Å². The summed E-state index contributed by atoms with van der Waals surface area (Å²) in [5.41, 5.74) is 4.89. The molecule has 3 nitrogen and oxygen atoms in total. The normalized spacial score (nSPS) is 13.9. The SMILES string of the molecule is CCCC(C)(N)C(=O)NCCc1c(F)cccc1F. The molecule has 0 saturated heterocycles. The number of carbonyl (C=O) groups excluding carboxylic acids is 1. The van der Waals surface area contributed by atoms with Crippen LogP contribution in [0.4, 0.5) is 8.78 Å². The summed E-state index contributed by atoms with van der Waals surface area (Å²) < 4.78 is 26.7. The highest BCUT2D eigenvalue weighted by Crippen LogP contribution is 2.12. The summed E-state index contributed by atoms with van der Waals surface area (Å²) in [6.07, 6.45) is 1.46. The number of rotatable bonds is 6. The maximum Gasteiger partial charge on any atom is 0.239 e. The van der Waals surface area contributed by atoms with E-state index in [9.17, 15) is 13.6 Å². The van der Waals surface area contributed by atoms with Gasteiger partial charge in [-0.2, -0.15) is 0 Å². The van der Waals surface area contributed by atoms with E-state index < -0.39 is 17.2 Å². The molecule has 1 rings (SSSR count). The van der Waals surface area contributed by atoms with Crippen molar-refractivity contribution < 1.29 is 13.6 Å². The van der Waals surface area contributed by atoms with E-state index in [1.54, 1.807) is 6.92 Å². The number of amides is 1. The smallest absolute Gasteiger partial charge is 0.239 e. The maximum absolute atomic E-state index is 13.4. The van der Waals surface area contributed by atoms with Crippen molar-refractivity contribution in [3.05, 3.63) is 35.4 Å². The Labute approximate surface area is 112 Å². The number of carbonyl (C=O) groups is 1. The number of nitrogens with one attached hydrogen (secondary N) is 1. The maximum atomic E-state index is 13.4. The van der Waals surface area contributed by atoms with Crippen molar-refractivity contribution in [2.75, 3.05) is 6.54 Å². The van der Waals surface area contributed by atoms with Gasteiger partial charge in [0.05, 0.1) is 5.54 Å². The number of hydrogen-bond acceptors (Lipinski definition) is 2. The van der Waals surface area contributed by atoms with Gasteiger partial charge in [0.25, 0.3) is 0 Å². The molecule has 0 heterocycles. The Morgan fingerprint density at radius 2 is 1.95 bits per heavy atom. The van der Waals surface area contributed by atoms with E-state index in [0.717, 1.165) is 6.42 Å². The Morgan fingerprint density at radius 3 is 2.47 bits per heavy atom. The van der Waals surface area contributed by atoms with Crippen molar-refractivity contribution in [2.24, 2.45) is 5.73 Å². The van der Waals surface area contributed by atoms with Crippen LogP contribution in [0.2, 0.25) is 0 Å². The fraction of sp³-hybridized carbons (Fsp3) is 0.500. The first-order valence-electron chi connectivity index (χ1n) is 6.38. The van der Waals surface area contributed by atoms with E-state index in [1.165, 1.54) is 18.2 Å². The number of halogens is 2. The Kier molecular flexibility index (Phi) is 5.42.